The second-order valence-electron chi connectivity index (χ2n) is 20.1. The Hall–Kier alpha value is -5.52. The predicted octanol–water partition coefficient (Wildman–Crippen LogP) is 13.8. The minimum absolute atomic E-state index is 0.0150. The van der Waals surface area contributed by atoms with Crippen LogP contribution in [0.4, 0.5) is 10.5 Å². The number of ether oxygens (including phenoxy) is 2. The molecule has 1 aliphatic rings. The maximum Gasteiger partial charge on any atom is 0.411 e. The highest BCUT2D eigenvalue weighted by Crippen LogP contribution is 2.42. The molecule has 10 heteroatoms. The largest absolute Gasteiger partial charge is 0.487 e. The van der Waals surface area contributed by atoms with E-state index in [2.05, 4.69) is 90.4 Å². The van der Waals surface area contributed by atoms with Crippen LogP contribution >= 0.6 is 0 Å². The van der Waals surface area contributed by atoms with Gasteiger partial charge >= 0.3 is 6.09 Å². The average Bonchev–Trinajstić information content (AvgIpc) is 3.33. The first-order valence-corrected chi connectivity index (χ1v) is 27.9. The van der Waals surface area contributed by atoms with E-state index in [1.54, 1.807) is 6.07 Å². The molecule has 5 aromatic carbocycles. The summed E-state index contributed by atoms with van der Waals surface area (Å²) in [6, 6.07) is 46.6. The van der Waals surface area contributed by atoms with Crippen molar-refractivity contribution < 1.29 is 18.7 Å². The van der Waals surface area contributed by atoms with E-state index in [0.29, 0.717) is 17.9 Å². The van der Waals surface area contributed by atoms with Gasteiger partial charge in [0.05, 0.1) is 17.3 Å². The Morgan fingerprint density at radius 2 is 1.37 bits per heavy atom. The van der Waals surface area contributed by atoms with Gasteiger partial charge in [-0.1, -0.05) is 168 Å². The number of fused-ring (bicyclic) bond motifs is 1. The number of piperidine rings is 1. The van der Waals surface area contributed by atoms with E-state index < -0.39 is 8.32 Å². The first-order valence-electron chi connectivity index (χ1n) is 25.0. The number of amides is 1. The molecule has 1 fully saturated rings. The topological polar surface area (TPSA) is 96.1 Å². The molecule has 1 aliphatic heterocycles. The minimum Gasteiger partial charge on any atom is -0.487 e. The zero-order valence-electron chi connectivity index (χ0n) is 41.2. The highest BCUT2D eigenvalue weighted by atomic mass is 28.4. The van der Waals surface area contributed by atoms with Crippen LogP contribution in [0.1, 0.15) is 101 Å². The third kappa shape index (κ3) is 14.7. The first-order chi connectivity index (χ1) is 32.9. The van der Waals surface area contributed by atoms with Gasteiger partial charge in [0, 0.05) is 43.2 Å². The summed E-state index contributed by atoms with van der Waals surface area (Å²) in [4.78, 5) is 33.9. The van der Waals surface area contributed by atoms with Crippen LogP contribution in [0.25, 0.3) is 22.0 Å². The van der Waals surface area contributed by atoms with Crippen molar-refractivity contribution in [2.45, 2.75) is 122 Å². The Balaban J connectivity index is 0.884. The van der Waals surface area contributed by atoms with E-state index in [4.69, 9.17) is 13.9 Å². The number of unbranched alkanes of at least 4 members (excludes halogenated alkanes) is 6. The number of nitrogens with one attached hydrogen (secondary N) is 2. The molecule has 0 bridgehead atoms. The van der Waals surface area contributed by atoms with Crippen LogP contribution in [-0.2, 0) is 22.3 Å². The van der Waals surface area contributed by atoms with Crippen LogP contribution in [0.15, 0.2) is 144 Å². The summed E-state index contributed by atoms with van der Waals surface area (Å²) in [5.74, 6) is 0.660. The number of pyridine rings is 1. The van der Waals surface area contributed by atoms with E-state index in [1.807, 2.05) is 97.1 Å². The van der Waals surface area contributed by atoms with Crippen molar-refractivity contribution in [3.8, 4) is 16.9 Å². The van der Waals surface area contributed by atoms with Crippen molar-refractivity contribution in [2.75, 3.05) is 38.0 Å². The van der Waals surface area contributed by atoms with Gasteiger partial charge in [-0.15, -0.1) is 0 Å². The third-order valence-corrected chi connectivity index (χ3v) is 18.4. The van der Waals surface area contributed by atoms with E-state index in [0.717, 1.165) is 91.9 Å². The van der Waals surface area contributed by atoms with Crippen LogP contribution in [0, 0.1) is 0 Å². The van der Waals surface area contributed by atoms with Gasteiger partial charge in [-0.3, -0.25) is 15.0 Å². The van der Waals surface area contributed by atoms with Crippen LogP contribution in [-0.4, -0.2) is 68.0 Å². The van der Waals surface area contributed by atoms with Crippen LogP contribution < -0.4 is 15.6 Å². The lowest BCUT2D eigenvalue weighted by Crippen LogP contribution is -2.44. The predicted molar refractivity (Wildman–Crippen MR) is 282 cm³/mol. The second-order valence-corrected chi connectivity index (χ2v) is 24.8. The fraction of sp³-hybridized carbons (Fsp3) is 0.414. The second kappa shape index (κ2) is 24.7. The zero-order valence-corrected chi connectivity index (χ0v) is 42.2. The smallest absolute Gasteiger partial charge is 0.411 e. The number of likely N-dealkylation sites (tertiary alicyclic amines) is 1. The lowest BCUT2D eigenvalue weighted by molar-refractivity contribution is 0.0584. The van der Waals surface area contributed by atoms with Gasteiger partial charge in [0.15, 0.2) is 8.32 Å². The van der Waals surface area contributed by atoms with Crippen molar-refractivity contribution in [1.29, 1.82) is 0 Å². The molecular weight excluding hydrogens is 861 g/mol. The van der Waals surface area contributed by atoms with Crippen molar-refractivity contribution in [3.63, 3.8) is 0 Å². The summed E-state index contributed by atoms with van der Waals surface area (Å²) in [7, 11) is -2.24. The highest BCUT2D eigenvalue weighted by Gasteiger charge is 2.40. The van der Waals surface area contributed by atoms with E-state index in [9.17, 15) is 9.59 Å². The van der Waals surface area contributed by atoms with Gasteiger partial charge in [0.25, 0.3) is 0 Å². The number of para-hydroxylation sites is 1. The Bertz CT molecular complexity index is 2520. The maximum absolute atomic E-state index is 12.9. The van der Waals surface area contributed by atoms with Crippen LogP contribution in [0.5, 0.6) is 5.75 Å². The van der Waals surface area contributed by atoms with E-state index >= 15 is 0 Å². The van der Waals surface area contributed by atoms with Crippen LogP contribution in [0.3, 0.4) is 0 Å². The molecule has 9 nitrogen and oxygen atoms in total. The molecule has 0 spiro atoms. The molecule has 68 heavy (non-hydrogen) atoms. The van der Waals surface area contributed by atoms with Crippen molar-refractivity contribution in [2.24, 2.45) is 0 Å². The Morgan fingerprint density at radius 1 is 0.750 bits per heavy atom. The van der Waals surface area contributed by atoms with Gasteiger partial charge in [-0.05, 0) is 97.4 Å². The Kier molecular flexibility index (Phi) is 18.3. The normalized spacial score (nSPS) is 14.3. The molecular formula is C58H74N4O5Si. The Morgan fingerprint density at radius 3 is 2.06 bits per heavy atom. The summed E-state index contributed by atoms with van der Waals surface area (Å²) in [6.45, 7) is 17.5. The number of hydrogen-bond donors (Lipinski definition) is 2. The van der Waals surface area contributed by atoms with Gasteiger partial charge in [-0.2, -0.15) is 0 Å². The SMILES string of the molecule is CC(C)(C)[Si](C)(C)O[C@@H](CN(CCCCCCCCCN1CCC(OC(=O)Nc2ccccc2-c2ccccc2)CC1)Cc1ccccc1)c1ccc(OCc2ccccc2)c2[nH]c(=O)ccc12. The molecule has 0 aliphatic carbocycles. The molecule has 0 unspecified atom stereocenters. The number of aromatic amines is 1. The quantitative estimate of drug-likeness (QED) is 0.0488. The number of rotatable bonds is 23. The molecule has 0 saturated carbocycles. The van der Waals surface area contributed by atoms with E-state index in [-0.39, 0.29) is 28.9 Å². The number of nitrogens with zero attached hydrogens (tertiary/aromatic N) is 2. The Labute approximate surface area is 406 Å². The number of carbonyl (C=O) groups excluding carboxylic acids is 1. The molecule has 360 valence electrons. The molecule has 1 atom stereocenters. The monoisotopic (exact) mass is 935 g/mol. The lowest BCUT2D eigenvalue weighted by atomic mass is 10.0. The minimum atomic E-state index is -2.24. The van der Waals surface area contributed by atoms with Crippen molar-refractivity contribution >= 4 is 31.0 Å². The summed E-state index contributed by atoms with van der Waals surface area (Å²) < 4.78 is 19.6. The molecule has 1 aromatic heterocycles. The first kappa shape index (κ1) is 50.4. The number of anilines is 1. The number of carbonyl (C=O) groups is 1. The van der Waals surface area contributed by atoms with E-state index in [1.165, 1.54) is 44.1 Å². The summed E-state index contributed by atoms with van der Waals surface area (Å²) in [5, 5.41) is 3.97. The lowest BCUT2D eigenvalue weighted by Gasteiger charge is -2.41. The summed E-state index contributed by atoms with van der Waals surface area (Å²) >= 11 is 0. The fourth-order valence-corrected chi connectivity index (χ4v) is 10.3. The summed E-state index contributed by atoms with van der Waals surface area (Å²) in [5.41, 5.74) is 6.81. The molecule has 7 rings (SSSR count). The molecule has 1 amide bonds. The third-order valence-electron chi connectivity index (χ3n) is 13.9. The maximum atomic E-state index is 12.9. The number of hydrogen-bond acceptors (Lipinski definition) is 7. The van der Waals surface area contributed by atoms with Gasteiger partial charge in [0.1, 0.15) is 18.5 Å². The molecule has 2 N–H and O–H groups in total. The van der Waals surface area contributed by atoms with Gasteiger partial charge in [0.2, 0.25) is 5.56 Å². The summed E-state index contributed by atoms with van der Waals surface area (Å²) in [6.07, 6.45) is 9.57. The van der Waals surface area contributed by atoms with Gasteiger partial charge in [-0.25, -0.2) is 4.79 Å². The number of H-pyrrole nitrogens is 1. The highest BCUT2D eigenvalue weighted by molar-refractivity contribution is 6.74. The molecule has 1 saturated heterocycles. The molecule has 0 radical (unpaired) electrons. The standard InChI is InChI=1S/C58H74N4O5Si/c1-58(2,3)68(4,5)67-54(50-32-34-53(56-51(50)33-35-55(63)60-56)65-44-46-26-16-12-17-27-46)43-62(42-45-24-14-11-15-25-45)39-23-10-8-6-7-9-22-38-61-40-36-48(37-41-61)66-57(64)59-52-31-21-20-30-49(52)47-28-18-13-19-29-47/h11-21,24-35,48,54H,6-10,22-23,36-44H2,1-5H3,(H,59,64)(H,60,63)/t54-/m0/s1. The van der Waals surface area contributed by atoms with Crippen molar-refractivity contribution in [1.82, 2.24) is 14.8 Å². The van der Waals surface area contributed by atoms with Crippen molar-refractivity contribution in [3.05, 3.63) is 167 Å². The average molecular weight is 935 g/mol. The number of aromatic nitrogens is 1. The fourth-order valence-electron chi connectivity index (χ4n) is 8.98. The molecule has 2 heterocycles. The zero-order chi connectivity index (χ0) is 47.8. The van der Waals surface area contributed by atoms with Gasteiger partial charge < -0.3 is 23.8 Å². The van der Waals surface area contributed by atoms with Crippen LogP contribution in [0.2, 0.25) is 18.1 Å². The molecule has 6 aromatic rings. The number of benzene rings is 5.